The highest BCUT2D eigenvalue weighted by molar-refractivity contribution is 5.60. The number of aldehydes is 1. The molecular weight excluding hydrogens is 210 g/mol. The third-order valence-corrected chi connectivity index (χ3v) is 4.61. The van der Waals surface area contributed by atoms with Gasteiger partial charge in [0.15, 0.2) is 0 Å². The fourth-order valence-electron chi connectivity index (χ4n) is 3.73. The van der Waals surface area contributed by atoms with Crippen LogP contribution in [0.15, 0.2) is 0 Å². The maximum atomic E-state index is 11.6. The Kier molecular flexibility index (Phi) is 4.61. The molecule has 2 fully saturated rings. The highest BCUT2D eigenvalue weighted by atomic mass is 16.1. The zero-order valence-corrected chi connectivity index (χ0v) is 11.3. The molecule has 0 aromatic rings. The standard InChI is InChI=1S/C15H27NO/c1-14-7-6-8-15(11-14,13-17)12-16-9-4-2-3-5-10-16/h13-14H,2-12H2,1H3. The molecule has 0 spiro atoms. The predicted octanol–water partition coefficient (Wildman–Crippen LogP) is 3.26. The average Bonchev–Trinajstić information content (AvgIpc) is 2.57. The summed E-state index contributed by atoms with van der Waals surface area (Å²) >= 11 is 0. The molecule has 17 heavy (non-hydrogen) atoms. The predicted molar refractivity (Wildman–Crippen MR) is 71.0 cm³/mol. The Bertz CT molecular complexity index is 245. The average molecular weight is 237 g/mol. The number of likely N-dealkylation sites (tertiary alicyclic amines) is 1. The highest BCUT2D eigenvalue weighted by Gasteiger charge is 2.36. The lowest BCUT2D eigenvalue weighted by Crippen LogP contribution is -2.42. The van der Waals surface area contributed by atoms with Crippen molar-refractivity contribution < 1.29 is 4.79 Å². The minimum Gasteiger partial charge on any atom is -0.303 e. The maximum absolute atomic E-state index is 11.6. The van der Waals surface area contributed by atoms with Gasteiger partial charge in [0.25, 0.3) is 0 Å². The van der Waals surface area contributed by atoms with Crippen molar-refractivity contribution in [3.05, 3.63) is 0 Å². The first-order chi connectivity index (χ1) is 8.24. The van der Waals surface area contributed by atoms with Gasteiger partial charge in [0.1, 0.15) is 6.29 Å². The van der Waals surface area contributed by atoms with E-state index in [2.05, 4.69) is 11.8 Å². The number of carbonyl (C=O) groups excluding carboxylic acids is 1. The molecule has 2 rings (SSSR count). The van der Waals surface area contributed by atoms with Crippen molar-refractivity contribution in [1.82, 2.24) is 4.90 Å². The molecule has 0 radical (unpaired) electrons. The van der Waals surface area contributed by atoms with Crippen LogP contribution in [0, 0.1) is 11.3 Å². The van der Waals surface area contributed by atoms with Crippen LogP contribution in [0.4, 0.5) is 0 Å². The van der Waals surface area contributed by atoms with Gasteiger partial charge in [0.05, 0.1) is 0 Å². The van der Waals surface area contributed by atoms with Gasteiger partial charge in [-0.2, -0.15) is 0 Å². The van der Waals surface area contributed by atoms with E-state index in [9.17, 15) is 4.79 Å². The number of hydrogen-bond donors (Lipinski definition) is 0. The van der Waals surface area contributed by atoms with Crippen LogP contribution in [-0.2, 0) is 4.79 Å². The van der Waals surface area contributed by atoms with Gasteiger partial charge >= 0.3 is 0 Å². The molecule has 1 saturated carbocycles. The van der Waals surface area contributed by atoms with Crippen LogP contribution in [0.2, 0.25) is 0 Å². The topological polar surface area (TPSA) is 20.3 Å². The Morgan fingerprint density at radius 3 is 2.47 bits per heavy atom. The van der Waals surface area contributed by atoms with Gasteiger partial charge in [-0.1, -0.05) is 32.6 Å². The van der Waals surface area contributed by atoms with E-state index < -0.39 is 0 Å². The van der Waals surface area contributed by atoms with Crippen molar-refractivity contribution in [3.63, 3.8) is 0 Å². The molecular formula is C15H27NO. The summed E-state index contributed by atoms with van der Waals surface area (Å²) in [7, 11) is 0. The minimum absolute atomic E-state index is 0.0119. The monoisotopic (exact) mass is 237 g/mol. The Balaban J connectivity index is 1.95. The summed E-state index contributed by atoms with van der Waals surface area (Å²) in [4.78, 5) is 14.1. The van der Waals surface area contributed by atoms with Crippen LogP contribution in [0.5, 0.6) is 0 Å². The van der Waals surface area contributed by atoms with Crippen LogP contribution < -0.4 is 0 Å². The molecule has 1 heterocycles. The smallest absolute Gasteiger partial charge is 0.127 e. The molecule has 2 nitrogen and oxygen atoms in total. The van der Waals surface area contributed by atoms with Gasteiger partial charge < -0.3 is 9.69 Å². The summed E-state index contributed by atoms with van der Waals surface area (Å²) in [5.74, 6) is 0.737. The zero-order chi connectivity index (χ0) is 12.1. The lowest BCUT2D eigenvalue weighted by atomic mass is 9.70. The second-order valence-corrected chi connectivity index (χ2v) is 6.37. The van der Waals surface area contributed by atoms with Crippen LogP contribution in [-0.4, -0.2) is 30.8 Å². The van der Waals surface area contributed by atoms with Gasteiger partial charge in [0.2, 0.25) is 0 Å². The van der Waals surface area contributed by atoms with Crippen molar-refractivity contribution in [1.29, 1.82) is 0 Å². The summed E-state index contributed by atoms with van der Waals surface area (Å²) in [6.07, 6.45) is 11.5. The number of rotatable bonds is 3. The van der Waals surface area contributed by atoms with Gasteiger partial charge in [-0.3, -0.25) is 0 Å². The third kappa shape index (κ3) is 3.54. The van der Waals surface area contributed by atoms with E-state index in [0.717, 1.165) is 25.3 Å². The van der Waals surface area contributed by atoms with Gasteiger partial charge in [0, 0.05) is 12.0 Å². The molecule has 0 bridgehead atoms. The van der Waals surface area contributed by atoms with E-state index in [1.807, 2.05) is 0 Å². The van der Waals surface area contributed by atoms with Crippen LogP contribution in [0.1, 0.15) is 58.3 Å². The zero-order valence-electron chi connectivity index (χ0n) is 11.3. The first-order valence-electron chi connectivity index (χ1n) is 7.43. The molecule has 1 saturated heterocycles. The lowest BCUT2D eigenvalue weighted by molar-refractivity contribution is -0.120. The van der Waals surface area contributed by atoms with E-state index in [1.165, 1.54) is 57.9 Å². The fourth-order valence-corrected chi connectivity index (χ4v) is 3.73. The molecule has 0 amide bonds. The summed E-state index contributed by atoms with van der Waals surface area (Å²) in [6, 6.07) is 0. The van der Waals surface area contributed by atoms with E-state index >= 15 is 0 Å². The normalized spacial score (nSPS) is 36.4. The second-order valence-electron chi connectivity index (χ2n) is 6.37. The number of carbonyl (C=O) groups is 1. The highest BCUT2D eigenvalue weighted by Crippen LogP contribution is 2.38. The summed E-state index contributed by atoms with van der Waals surface area (Å²) in [6.45, 7) is 5.76. The summed E-state index contributed by atoms with van der Waals surface area (Å²) in [5.41, 5.74) is -0.0119. The fraction of sp³-hybridized carbons (Fsp3) is 0.933. The lowest BCUT2D eigenvalue weighted by Gasteiger charge is -2.39. The molecule has 0 aromatic heterocycles. The van der Waals surface area contributed by atoms with Gasteiger partial charge in [-0.05, 0) is 44.7 Å². The van der Waals surface area contributed by atoms with E-state index in [4.69, 9.17) is 0 Å². The molecule has 2 atom stereocenters. The first-order valence-corrected chi connectivity index (χ1v) is 7.43. The largest absolute Gasteiger partial charge is 0.303 e. The van der Waals surface area contributed by atoms with Crippen LogP contribution in [0.25, 0.3) is 0 Å². The van der Waals surface area contributed by atoms with Gasteiger partial charge in [-0.25, -0.2) is 0 Å². The summed E-state index contributed by atoms with van der Waals surface area (Å²) < 4.78 is 0. The Labute approximate surface area is 106 Å². The van der Waals surface area contributed by atoms with Crippen LogP contribution >= 0.6 is 0 Å². The van der Waals surface area contributed by atoms with Crippen molar-refractivity contribution in [3.8, 4) is 0 Å². The molecule has 1 aliphatic heterocycles. The molecule has 0 N–H and O–H groups in total. The minimum atomic E-state index is -0.0119. The first kappa shape index (κ1) is 13.1. The maximum Gasteiger partial charge on any atom is 0.127 e. The third-order valence-electron chi connectivity index (χ3n) is 4.61. The molecule has 2 unspecified atom stereocenters. The van der Waals surface area contributed by atoms with E-state index in [0.29, 0.717) is 0 Å². The van der Waals surface area contributed by atoms with Crippen molar-refractivity contribution in [2.24, 2.45) is 11.3 Å². The Hall–Kier alpha value is -0.370. The van der Waals surface area contributed by atoms with Crippen LogP contribution in [0.3, 0.4) is 0 Å². The van der Waals surface area contributed by atoms with Crippen molar-refractivity contribution in [2.75, 3.05) is 19.6 Å². The molecule has 2 heteroatoms. The Morgan fingerprint density at radius 2 is 1.88 bits per heavy atom. The van der Waals surface area contributed by atoms with Gasteiger partial charge in [-0.15, -0.1) is 0 Å². The van der Waals surface area contributed by atoms with Crippen molar-refractivity contribution in [2.45, 2.75) is 58.3 Å². The molecule has 0 aromatic carbocycles. The quantitative estimate of drug-likeness (QED) is 0.702. The molecule has 1 aliphatic carbocycles. The molecule has 2 aliphatic rings. The number of nitrogens with zero attached hydrogens (tertiary/aromatic N) is 1. The van der Waals surface area contributed by atoms with E-state index in [1.54, 1.807) is 0 Å². The van der Waals surface area contributed by atoms with E-state index in [-0.39, 0.29) is 5.41 Å². The second kappa shape index (κ2) is 5.99. The Morgan fingerprint density at radius 1 is 1.18 bits per heavy atom. The summed E-state index contributed by atoms with van der Waals surface area (Å²) in [5, 5.41) is 0. The number of hydrogen-bond acceptors (Lipinski definition) is 2. The van der Waals surface area contributed by atoms with Crippen molar-refractivity contribution >= 4 is 6.29 Å². The SMILES string of the molecule is CC1CCCC(C=O)(CN2CCCCCC2)C1. The molecule has 98 valence electrons.